The number of carbonyl (C=O) groups is 1. The fourth-order valence-electron chi connectivity index (χ4n) is 5.11. The standard InChI is InChI=1S/C31H34F6N4O2/c1-5-24-15-25(38-17-21-12-22(30(32,33)34)14-23(13-21)31(35,36)37)27-26(41(24)29(42)43-18(2)3)11-19(4)28(40-27)39-16-20-9-7-6-8-10-20/h6-14,18,24-25,38H,5,15-17H2,1-4H3,(H,39,40)/t24-,25+/m1/s1. The van der Waals surface area contributed by atoms with Gasteiger partial charge in [-0.1, -0.05) is 37.3 Å². The smallest absolute Gasteiger partial charge is 0.416 e. The minimum atomic E-state index is -4.95. The molecule has 0 unspecified atom stereocenters. The summed E-state index contributed by atoms with van der Waals surface area (Å²) in [5, 5.41) is 6.43. The summed E-state index contributed by atoms with van der Waals surface area (Å²) < 4.78 is 86.3. The van der Waals surface area contributed by atoms with E-state index in [9.17, 15) is 31.1 Å². The van der Waals surface area contributed by atoms with Gasteiger partial charge in [0.2, 0.25) is 0 Å². The predicted molar refractivity (Wildman–Crippen MR) is 152 cm³/mol. The monoisotopic (exact) mass is 608 g/mol. The number of alkyl halides is 6. The molecular weight excluding hydrogens is 574 g/mol. The summed E-state index contributed by atoms with van der Waals surface area (Å²) in [6.45, 7) is 7.38. The van der Waals surface area contributed by atoms with E-state index in [0.29, 0.717) is 48.7 Å². The molecule has 0 aliphatic carbocycles. The maximum atomic E-state index is 13.5. The molecule has 6 nitrogen and oxygen atoms in total. The van der Waals surface area contributed by atoms with Crippen molar-refractivity contribution in [3.63, 3.8) is 0 Å². The number of fused-ring (bicyclic) bond motifs is 1. The van der Waals surface area contributed by atoms with E-state index >= 15 is 0 Å². The second-order valence-electron chi connectivity index (χ2n) is 10.8. The van der Waals surface area contributed by atoms with Gasteiger partial charge in [0.15, 0.2) is 0 Å². The maximum Gasteiger partial charge on any atom is 0.416 e. The molecule has 1 aromatic heterocycles. The van der Waals surface area contributed by atoms with Crippen molar-refractivity contribution in [3.05, 3.63) is 88.1 Å². The highest BCUT2D eigenvalue weighted by atomic mass is 19.4. The Balaban J connectivity index is 1.71. The number of amides is 1. The zero-order chi connectivity index (χ0) is 31.5. The van der Waals surface area contributed by atoms with Crippen molar-refractivity contribution in [2.75, 3.05) is 10.2 Å². The molecule has 2 heterocycles. The molecule has 1 amide bonds. The molecule has 2 atom stereocenters. The van der Waals surface area contributed by atoms with Crippen LogP contribution < -0.4 is 15.5 Å². The molecule has 3 aromatic rings. The average Bonchev–Trinajstić information content (AvgIpc) is 2.93. The van der Waals surface area contributed by atoms with Gasteiger partial charge in [-0.2, -0.15) is 26.3 Å². The molecule has 0 spiro atoms. The van der Waals surface area contributed by atoms with E-state index < -0.39 is 35.6 Å². The van der Waals surface area contributed by atoms with Crippen molar-refractivity contribution in [1.82, 2.24) is 10.3 Å². The number of aromatic nitrogens is 1. The molecule has 0 fully saturated rings. The lowest BCUT2D eigenvalue weighted by Crippen LogP contribution is -2.48. The summed E-state index contributed by atoms with van der Waals surface area (Å²) in [6, 6.07) is 12.0. The fourth-order valence-corrected chi connectivity index (χ4v) is 5.11. The number of ether oxygens (including phenoxy) is 1. The molecule has 1 aliphatic heterocycles. The number of nitrogens with zero attached hydrogens (tertiary/aromatic N) is 2. The number of rotatable bonds is 8. The van der Waals surface area contributed by atoms with Gasteiger partial charge in [0.1, 0.15) is 5.82 Å². The first-order chi connectivity index (χ1) is 20.2. The third-order valence-electron chi connectivity index (χ3n) is 7.19. The fraction of sp³-hybridized carbons (Fsp3) is 0.419. The van der Waals surface area contributed by atoms with Crippen LogP contribution in [0.5, 0.6) is 0 Å². The molecule has 2 aromatic carbocycles. The van der Waals surface area contributed by atoms with Crippen molar-refractivity contribution in [2.24, 2.45) is 0 Å². The molecule has 43 heavy (non-hydrogen) atoms. The molecule has 232 valence electrons. The van der Waals surface area contributed by atoms with Gasteiger partial charge in [0.25, 0.3) is 0 Å². The summed E-state index contributed by atoms with van der Waals surface area (Å²) in [6.07, 6.45) is -9.99. The Morgan fingerprint density at radius 2 is 1.60 bits per heavy atom. The molecule has 1 aliphatic rings. The van der Waals surface area contributed by atoms with Crippen LogP contribution in [0.3, 0.4) is 0 Å². The molecule has 12 heteroatoms. The van der Waals surface area contributed by atoms with Crippen LogP contribution in [0.4, 0.5) is 42.6 Å². The van der Waals surface area contributed by atoms with E-state index in [1.54, 1.807) is 24.8 Å². The molecule has 0 saturated carbocycles. The Bertz CT molecular complexity index is 1390. The van der Waals surface area contributed by atoms with Gasteiger partial charge in [-0.05, 0) is 74.6 Å². The normalized spacial score (nSPS) is 17.1. The zero-order valence-corrected chi connectivity index (χ0v) is 24.2. The summed E-state index contributed by atoms with van der Waals surface area (Å²) in [5.41, 5.74) is -0.252. The Kier molecular flexibility index (Phi) is 9.58. The van der Waals surface area contributed by atoms with Crippen LogP contribution in [0, 0.1) is 6.92 Å². The molecule has 4 rings (SSSR count). The van der Waals surface area contributed by atoms with Crippen molar-refractivity contribution < 1.29 is 35.9 Å². The first-order valence-electron chi connectivity index (χ1n) is 14.0. The van der Waals surface area contributed by atoms with Crippen LogP contribution in [0.25, 0.3) is 0 Å². The Morgan fingerprint density at radius 3 is 2.16 bits per heavy atom. The minimum absolute atomic E-state index is 0.111. The number of halogens is 6. The van der Waals surface area contributed by atoms with Crippen LogP contribution in [-0.2, 0) is 30.2 Å². The number of hydrogen-bond donors (Lipinski definition) is 2. The Hall–Kier alpha value is -3.80. The minimum Gasteiger partial charge on any atom is -0.446 e. The lowest BCUT2D eigenvalue weighted by atomic mass is 9.92. The van der Waals surface area contributed by atoms with Crippen LogP contribution in [-0.4, -0.2) is 23.2 Å². The molecule has 0 saturated heterocycles. The molecule has 0 radical (unpaired) electrons. The second kappa shape index (κ2) is 12.8. The quantitative estimate of drug-likeness (QED) is 0.252. The van der Waals surface area contributed by atoms with Gasteiger partial charge < -0.3 is 15.4 Å². The second-order valence-corrected chi connectivity index (χ2v) is 10.8. The van der Waals surface area contributed by atoms with Crippen molar-refractivity contribution in [1.29, 1.82) is 0 Å². The molecule has 2 N–H and O–H groups in total. The van der Waals surface area contributed by atoms with Gasteiger partial charge in [0, 0.05) is 19.1 Å². The van der Waals surface area contributed by atoms with E-state index in [0.717, 1.165) is 11.1 Å². The van der Waals surface area contributed by atoms with Gasteiger partial charge in [-0.3, -0.25) is 4.90 Å². The van der Waals surface area contributed by atoms with E-state index in [4.69, 9.17) is 9.72 Å². The Morgan fingerprint density at radius 1 is 0.977 bits per heavy atom. The maximum absolute atomic E-state index is 13.5. The highest BCUT2D eigenvalue weighted by Crippen LogP contribution is 2.41. The van der Waals surface area contributed by atoms with E-state index in [1.165, 1.54) is 0 Å². The number of benzene rings is 2. The highest BCUT2D eigenvalue weighted by Gasteiger charge is 2.39. The van der Waals surface area contributed by atoms with Crippen LogP contribution in [0.1, 0.15) is 73.2 Å². The van der Waals surface area contributed by atoms with Gasteiger partial charge in [-0.25, -0.2) is 9.78 Å². The van der Waals surface area contributed by atoms with Gasteiger partial charge in [-0.15, -0.1) is 0 Å². The first-order valence-corrected chi connectivity index (χ1v) is 14.0. The van der Waals surface area contributed by atoms with Crippen molar-refractivity contribution in [2.45, 2.75) is 84.2 Å². The van der Waals surface area contributed by atoms with Gasteiger partial charge >= 0.3 is 18.4 Å². The lowest BCUT2D eigenvalue weighted by molar-refractivity contribution is -0.143. The number of pyridine rings is 1. The topological polar surface area (TPSA) is 66.5 Å². The number of aryl methyl sites for hydroxylation is 1. The van der Waals surface area contributed by atoms with Crippen LogP contribution in [0.15, 0.2) is 54.6 Å². The number of hydrogen-bond acceptors (Lipinski definition) is 5. The predicted octanol–water partition coefficient (Wildman–Crippen LogP) is 8.40. The van der Waals surface area contributed by atoms with Crippen molar-refractivity contribution in [3.8, 4) is 0 Å². The van der Waals surface area contributed by atoms with E-state index in [2.05, 4.69) is 10.6 Å². The van der Waals surface area contributed by atoms with Crippen molar-refractivity contribution >= 4 is 17.6 Å². The lowest BCUT2D eigenvalue weighted by Gasteiger charge is -2.40. The third-order valence-corrected chi connectivity index (χ3v) is 7.19. The number of anilines is 2. The van der Waals surface area contributed by atoms with E-state index in [1.807, 2.05) is 44.2 Å². The third kappa shape index (κ3) is 7.78. The number of carbonyl (C=O) groups excluding carboxylic acids is 1. The van der Waals surface area contributed by atoms with Gasteiger partial charge in [0.05, 0.1) is 34.7 Å². The first kappa shape index (κ1) is 32.1. The van der Waals surface area contributed by atoms with Crippen LogP contribution in [0.2, 0.25) is 0 Å². The number of nitrogens with one attached hydrogen (secondary N) is 2. The summed E-state index contributed by atoms with van der Waals surface area (Å²) >= 11 is 0. The van der Waals surface area contributed by atoms with E-state index in [-0.39, 0.29) is 30.3 Å². The Labute approximate surface area is 246 Å². The molecule has 0 bridgehead atoms. The van der Waals surface area contributed by atoms with Crippen LogP contribution >= 0.6 is 0 Å². The summed E-state index contributed by atoms with van der Waals surface area (Å²) in [5.74, 6) is 0.542. The largest absolute Gasteiger partial charge is 0.446 e. The SMILES string of the molecule is CC[C@@H]1C[C@H](NCc2cc(C(F)(F)F)cc(C(F)(F)F)c2)c2nc(NCc3ccccc3)c(C)cc2N1C(=O)OC(C)C. The average molecular weight is 609 g/mol. The summed E-state index contributed by atoms with van der Waals surface area (Å²) in [7, 11) is 0. The molecular formula is C31H34F6N4O2. The highest BCUT2D eigenvalue weighted by molar-refractivity contribution is 5.90. The zero-order valence-electron chi connectivity index (χ0n) is 24.2. The summed E-state index contributed by atoms with van der Waals surface area (Å²) in [4.78, 5) is 19.6.